The van der Waals surface area contributed by atoms with Crippen LogP contribution in [0.2, 0.25) is 5.02 Å². The van der Waals surface area contributed by atoms with Gasteiger partial charge in [0.1, 0.15) is 11.4 Å². The molecule has 0 spiro atoms. The third-order valence-corrected chi connectivity index (χ3v) is 5.02. The number of aromatic nitrogens is 4. The fourth-order valence-electron chi connectivity index (χ4n) is 3.51. The Morgan fingerprint density at radius 2 is 2.21 bits per heavy atom. The molecule has 2 aliphatic carbocycles. The SMILES string of the molecule is N[C@H]1CCC[C@@H](Nc2ncc(Cl)c(-c3n[nH]c4c3C=CCC4)n2)C1. The van der Waals surface area contributed by atoms with Crippen LogP contribution in [0.4, 0.5) is 5.95 Å². The maximum absolute atomic E-state index is 6.35. The van der Waals surface area contributed by atoms with Crippen LogP contribution in [0.5, 0.6) is 0 Å². The van der Waals surface area contributed by atoms with Crippen LogP contribution in [-0.4, -0.2) is 32.2 Å². The van der Waals surface area contributed by atoms with Gasteiger partial charge in [-0.05, 0) is 38.5 Å². The second kappa shape index (κ2) is 6.53. The highest BCUT2D eigenvalue weighted by Crippen LogP contribution is 2.32. The van der Waals surface area contributed by atoms with Gasteiger partial charge in [-0.25, -0.2) is 9.97 Å². The first-order valence-corrected chi connectivity index (χ1v) is 8.87. The smallest absolute Gasteiger partial charge is 0.223 e. The van der Waals surface area contributed by atoms with Gasteiger partial charge in [-0.3, -0.25) is 5.10 Å². The number of hydrogen-bond donors (Lipinski definition) is 3. The first-order valence-electron chi connectivity index (χ1n) is 8.49. The number of allylic oxidation sites excluding steroid dienone is 1. The molecule has 4 N–H and O–H groups in total. The molecule has 2 aromatic heterocycles. The fourth-order valence-corrected chi connectivity index (χ4v) is 3.69. The topological polar surface area (TPSA) is 92.5 Å². The number of aromatic amines is 1. The van der Waals surface area contributed by atoms with Gasteiger partial charge in [0.2, 0.25) is 5.95 Å². The second-order valence-electron chi connectivity index (χ2n) is 6.56. The molecule has 126 valence electrons. The van der Waals surface area contributed by atoms with Crippen LogP contribution in [-0.2, 0) is 6.42 Å². The lowest BCUT2D eigenvalue weighted by atomic mass is 9.92. The minimum Gasteiger partial charge on any atom is -0.351 e. The molecule has 6 nitrogen and oxygen atoms in total. The summed E-state index contributed by atoms with van der Waals surface area (Å²) in [5, 5.41) is 11.4. The van der Waals surface area contributed by atoms with Gasteiger partial charge in [0.25, 0.3) is 0 Å². The van der Waals surface area contributed by atoms with Crippen LogP contribution in [0.3, 0.4) is 0 Å². The number of anilines is 1. The summed E-state index contributed by atoms with van der Waals surface area (Å²) < 4.78 is 0. The van der Waals surface area contributed by atoms with E-state index in [0.29, 0.717) is 22.7 Å². The number of aryl methyl sites for hydroxylation is 1. The molecule has 2 heterocycles. The average molecular weight is 345 g/mol. The molecular weight excluding hydrogens is 324 g/mol. The van der Waals surface area contributed by atoms with Gasteiger partial charge in [0, 0.05) is 23.3 Å². The largest absolute Gasteiger partial charge is 0.351 e. The van der Waals surface area contributed by atoms with Crippen LogP contribution in [0.1, 0.15) is 43.4 Å². The average Bonchev–Trinajstić information content (AvgIpc) is 3.01. The van der Waals surface area contributed by atoms with Crippen LogP contribution >= 0.6 is 11.6 Å². The number of nitrogens with zero attached hydrogens (tertiary/aromatic N) is 3. The normalized spacial score (nSPS) is 23.1. The summed E-state index contributed by atoms with van der Waals surface area (Å²) in [7, 11) is 0. The van der Waals surface area contributed by atoms with Crippen molar-refractivity contribution >= 4 is 23.6 Å². The Morgan fingerprint density at radius 3 is 3.08 bits per heavy atom. The lowest BCUT2D eigenvalue weighted by Gasteiger charge is -2.27. The van der Waals surface area contributed by atoms with Crippen molar-refractivity contribution in [3.8, 4) is 11.4 Å². The Bertz CT molecular complexity index is 768. The van der Waals surface area contributed by atoms with Crippen molar-refractivity contribution in [3.63, 3.8) is 0 Å². The standard InChI is InChI=1S/C17H21ClN6/c18-13-9-20-17(21-11-5-3-4-10(19)8-11)22-16(13)15-12-6-1-2-7-14(12)23-24-15/h1,6,9-11H,2-5,7-8,19H2,(H,23,24)(H,20,21,22)/t10-,11+/m0/s1. The van der Waals surface area contributed by atoms with E-state index in [4.69, 9.17) is 17.3 Å². The molecule has 4 rings (SSSR count). The van der Waals surface area contributed by atoms with Crippen molar-refractivity contribution in [2.75, 3.05) is 5.32 Å². The maximum atomic E-state index is 6.35. The van der Waals surface area contributed by atoms with E-state index in [0.717, 1.165) is 55.5 Å². The molecule has 0 aliphatic heterocycles. The van der Waals surface area contributed by atoms with Crippen molar-refractivity contribution in [2.24, 2.45) is 5.73 Å². The molecule has 7 heteroatoms. The van der Waals surface area contributed by atoms with Crippen molar-refractivity contribution < 1.29 is 0 Å². The fraction of sp³-hybridized carbons (Fsp3) is 0.471. The van der Waals surface area contributed by atoms with E-state index in [1.807, 2.05) is 0 Å². The molecule has 2 atom stereocenters. The van der Waals surface area contributed by atoms with E-state index >= 15 is 0 Å². The lowest BCUT2D eigenvalue weighted by molar-refractivity contribution is 0.408. The molecule has 0 saturated heterocycles. The second-order valence-corrected chi connectivity index (χ2v) is 6.97. The first kappa shape index (κ1) is 15.6. The summed E-state index contributed by atoms with van der Waals surface area (Å²) in [5.41, 5.74) is 9.73. The van der Waals surface area contributed by atoms with Crippen molar-refractivity contribution in [3.05, 3.63) is 28.6 Å². The van der Waals surface area contributed by atoms with Crippen molar-refractivity contribution in [1.29, 1.82) is 0 Å². The number of rotatable bonds is 3. The predicted molar refractivity (Wildman–Crippen MR) is 95.8 cm³/mol. The highest BCUT2D eigenvalue weighted by Gasteiger charge is 2.22. The zero-order chi connectivity index (χ0) is 16.5. The quantitative estimate of drug-likeness (QED) is 0.795. The van der Waals surface area contributed by atoms with Crippen LogP contribution in [0.15, 0.2) is 12.3 Å². The number of halogens is 1. The Labute approximate surface area is 145 Å². The molecule has 24 heavy (non-hydrogen) atoms. The number of nitrogens with one attached hydrogen (secondary N) is 2. The molecule has 0 amide bonds. The van der Waals surface area contributed by atoms with Gasteiger partial charge in [-0.2, -0.15) is 5.10 Å². The number of hydrogen-bond acceptors (Lipinski definition) is 5. The lowest BCUT2D eigenvalue weighted by Crippen LogP contribution is -2.35. The Morgan fingerprint density at radius 1 is 1.29 bits per heavy atom. The summed E-state index contributed by atoms with van der Waals surface area (Å²) in [6, 6.07) is 0.572. The molecule has 0 unspecified atom stereocenters. The summed E-state index contributed by atoms with van der Waals surface area (Å²) in [5.74, 6) is 0.588. The molecule has 2 aliphatic rings. The number of nitrogens with two attached hydrogens (primary N) is 1. The van der Waals surface area contributed by atoms with Crippen molar-refractivity contribution in [1.82, 2.24) is 20.2 Å². The molecule has 0 aromatic carbocycles. The van der Waals surface area contributed by atoms with Crippen LogP contribution in [0, 0.1) is 0 Å². The Balaban J connectivity index is 1.62. The predicted octanol–water partition coefficient (Wildman–Crippen LogP) is 3.16. The zero-order valence-electron chi connectivity index (χ0n) is 13.4. The maximum Gasteiger partial charge on any atom is 0.223 e. The Hall–Kier alpha value is -1.92. The first-order chi connectivity index (χ1) is 11.7. The van der Waals surface area contributed by atoms with E-state index in [1.54, 1.807) is 6.20 Å². The summed E-state index contributed by atoms with van der Waals surface area (Å²) in [6.45, 7) is 0. The molecule has 1 fully saturated rings. The highest BCUT2D eigenvalue weighted by molar-refractivity contribution is 6.32. The molecule has 0 radical (unpaired) electrons. The minimum atomic E-state index is 0.256. The summed E-state index contributed by atoms with van der Waals surface area (Å²) in [4.78, 5) is 8.96. The number of fused-ring (bicyclic) bond motifs is 1. The third kappa shape index (κ3) is 3.03. The van der Waals surface area contributed by atoms with Crippen LogP contribution in [0.25, 0.3) is 17.5 Å². The third-order valence-electron chi connectivity index (χ3n) is 4.74. The monoisotopic (exact) mass is 344 g/mol. The van der Waals surface area contributed by atoms with Crippen molar-refractivity contribution in [2.45, 2.75) is 50.6 Å². The van der Waals surface area contributed by atoms with Gasteiger partial charge in [-0.15, -0.1) is 0 Å². The van der Waals surface area contributed by atoms with Gasteiger partial charge in [0.05, 0.1) is 11.2 Å². The van der Waals surface area contributed by atoms with Gasteiger partial charge >= 0.3 is 0 Å². The molecule has 0 bridgehead atoms. The van der Waals surface area contributed by atoms with Gasteiger partial charge < -0.3 is 11.1 Å². The van der Waals surface area contributed by atoms with Gasteiger partial charge in [0.15, 0.2) is 0 Å². The van der Waals surface area contributed by atoms with E-state index in [-0.39, 0.29) is 6.04 Å². The summed E-state index contributed by atoms with van der Waals surface area (Å²) >= 11 is 6.35. The Kier molecular flexibility index (Phi) is 4.24. The molecule has 1 saturated carbocycles. The highest BCUT2D eigenvalue weighted by atomic mass is 35.5. The van der Waals surface area contributed by atoms with Crippen LogP contribution < -0.4 is 11.1 Å². The molecular formula is C17H21ClN6. The summed E-state index contributed by atoms with van der Waals surface area (Å²) in [6.07, 6.45) is 12.1. The van der Waals surface area contributed by atoms with E-state index < -0.39 is 0 Å². The number of H-pyrrole nitrogens is 1. The zero-order valence-corrected chi connectivity index (χ0v) is 14.2. The minimum absolute atomic E-state index is 0.256. The van der Waals surface area contributed by atoms with E-state index in [2.05, 4.69) is 37.6 Å². The van der Waals surface area contributed by atoms with E-state index in [1.165, 1.54) is 0 Å². The van der Waals surface area contributed by atoms with E-state index in [9.17, 15) is 0 Å². The molecule has 2 aromatic rings. The van der Waals surface area contributed by atoms with Gasteiger partial charge in [-0.1, -0.05) is 23.8 Å².